The molecule has 34 heavy (non-hydrogen) atoms. The number of rotatable bonds is 9. The van der Waals surface area contributed by atoms with Gasteiger partial charge in [0.1, 0.15) is 18.5 Å². The van der Waals surface area contributed by atoms with Crippen molar-refractivity contribution in [3.05, 3.63) is 82.5 Å². The van der Waals surface area contributed by atoms with Crippen LogP contribution in [0, 0.1) is 6.92 Å². The van der Waals surface area contributed by atoms with Crippen LogP contribution in [0.3, 0.4) is 0 Å². The summed E-state index contributed by atoms with van der Waals surface area (Å²) in [6.07, 6.45) is -0.111. The minimum absolute atomic E-state index is 0.0521. The van der Waals surface area contributed by atoms with E-state index in [0.29, 0.717) is 21.7 Å². The van der Waals surface area contributed by atoms with Gasteiger partial charge in [0.05, 0.1) is 24.9 Å². The van der Waals surface area contributed by atoms with E-state index in [-0.39, 0.29) is 23.1 Å². The predicted molar refractivity (Wildman–Crippen MR) is 128 cm³/mol. The number of nitrogens with zero attached hydrogens (tertiary/aromatic N) is 2. The van der Waals surface area contributed by atoms with Crippen molar-refractivity contribution in [1.29, 1.82) is 0 Å². The van der Waals surface area contributed by atoms with E-state index in [4.69, 9.17) is 16.3 Å². The van der Waals surface area contributed by atoms with Crippen molar-refractivity contribution in [3.8, 4) is 5.75 Å². The third kappa shape index (κ3) is 5.84. The van der Waals surface area contributed by atoms with E-state index in [9.17, 15) is 17.6 Å². The molecule has 0 saturated heterocycles. The first-order valence-electron chi connectivity index (χ1n) is 10.3. The second kappa shape index (κ2) is 10.8. The molecule has 1 unspecified atom stereocenters. The number of esters is 1. The normalized spacial score (nSPS) is 12.1. The summed E-state index contributed by atoms with van der Waals surface area (Å²) < 4.78 is 52.5. The van der Waals surface area contributed by atoms with Crippen molar-refractivity contribution >= 4 is 33.3 Å². The van der Waals surface area contributed by atoms with E-state index >= 15 is 0 Å². The molecule has 1 aromatic heterocycles. The van der Waals surface area contributed by atoms with E-state index in [1.807, 2.05) is 0 Å². The van der Waals surface area contributed by atoms with Crippen molar-refractivity contribution < 1.29 is 27.1 Å². The van der Waals surface area contributed by atoms with Crippen LogP contribution in [-0.4, -0.2) is 39.2 Å². The van der Waals surface area contributed by atoms with Gasteiger partial charge in [-0.05, 0) is 55.3 Å². The first-order valence-corrected chi connectivity index (χ1v) is 12.1. The summed E-state index contributed by atoms with van der Waals surface area (Å²) in [5, 5.41) is 0.149. The molecule has 0 spiro atoms. The third-order valence-corrected chi connectivity index (χ3v) is 6.99. The van der Waals surface area contributed by atoms with Gasteiger partial charge in [-0.25, -0.2) is 14.2 Å². The standard InChI is InChI=1S/C24H24ClFN2O5S/c1-16-12-21(28(14-17(2)26)34(30,31)23-6-4-5-11-27-23)22(13-20(16)25)33-15-18-7-9-19(10-8-18)24(29)32-3/h4-13,17H,14-15H2,1-3H3. The molecule has 3 rings (SSSR count). The minimum atomic E-state index is -4.19. The second-order valence-corrected chi connectivity index (χ2v) is 9.75. The summed E-state index contributed by atoms with van der Waals surface area (Å²) in [4.78, 5) is 15.6. The number of methoxy groups -OCH3 is 1. The van der Waals surface area contributed by atoms with Gasteiger partial charge in [0.15, 0.2) is 5.03 Å². The van der Waals surface area contributed by atoms with Gasteiger partial charge in [-0.1, -0.05) is 29.8 Å². The van der Waals surface area contributed by atoms with Gasteiger partial charge in [-0.15, -0.1) is 0 Å². The van der Waals surface area contributed by atoms with E-state index in [2.05, 4.69) is 9.72 Å². The summed E-state index contributed by atoms with van der Waals surface area (Å²) in [6.45, 7) is 2.60. The molecule has 180 valence electrons. The number of halogens is 2. The Morgan fingerprint density at radius 3 is 2.47 bits per heavy atom. The summed E-state index contributed by atoms with van der Waals surface area (Å²) in [6, 6.07) is 14.1. The highest BCUT2D eigenvalue weighted by Crippen LogP contribution is 2.37. The van der Waals surface area contributed by atoms with E-state index < -0.39 is 28.7 Å². The lowest BCUT2D eigenvalue weighted by Gasteiger charge is -2.27. The number of hydrogen-bond acceptors (Lipinski definition) is 6. The number of sulfonamides is 1. The highest BCUT2D eigenvalue weighted by atomic mass is 35.5. The number of aryl methyl sites for hydroxylation is 1. The molecule has 0 bridgehead atoms. The Kier molecular flexibility index (Phi) is 8.11. The van der Waals surface area contributed by atoms with Crippen molar-refractivity contribution in [1.82, 2.24) is 4.98 Å². The Bertz CT molecular complexity index is 1250. The molecule has 2 aromatic carbocycles. The molecule has 0 aliphatic heterocycles. The summed E-state index contributed by atoms with van der Waals surface area (Å²) >= 11 is 6.30. The molecule has 1 atom stereocenters. The Morgan fingerprint density at radius 1 is 1.18 bits per heavy atom. The minimum Gasteiger partial charge on any atom is -0.487 e. The first kappa shape index (κ1) is 25.5. The van der Waals surface area contributed by atoms with Crippen LogP contribution in [0.25, 0.3) is 0 Å². The molecule has 7 nitrogen and oxygen atoms in total. The second-order valence-electron chi connectivity index (χ2n) is 7.53. The van der Waals surface area contributed by atoms with Gasteiger partial charge in [0, 0.05) is 17.3 Å². The maximum atomic E-state index is 14.1. The van der Waals surface area contributed by atoms with Crippen LogP contribution in [0.4, 0.5) is 10.1 Å². The number of hydrogen-bond donors (Lipinski definition) is 0. The zero-order chi connectivity index (χ0) is 24.9. The number of alkyl halides is 1. The van der Waals surface area contributed by atoms with Crippen LogP contribution >= 0.6 is 11.6 Å². The van der Waals surface area contributed by atoms with Gasteiger partial charge in [-0.3, -0.25) is 4.31 Å². The molecule has 1 heterocycles. The Labute approximate surface area is 203 Å². The van der Waals surface area contributed by atoms with Gasteiger partial charge in [0.25, 0.3) is 10.0 Å². The average Bonchev–Trinajstić information content (AvgIpc) is 2.83. The molecule has 0 aliphatic rings. The SMILES string of the molecule is COC(=O)c1ccc(COc2cc(Cl)c(C)cc2N(CC(C)F)S(=O)(=O)c2ccccn2)cc1. The molecular weight excluding hydrogens is 483 g/mol. The number of ether oxygens (including phenoxy) is 2. The molecule has 0 aliphatic carbocycles. The van der Waals surface area contributed by atoms with Gasteiger partial charge in [0.2, 0.25) is 0 Å². The van der Waals surface area contributed by atoms with Gasteiger partial charge >= 0.3 is 5.97 Å². The topological polar surface area (TPSA) is 85.8 Å². The Hall–Kier alpha value is -3.17. The molecule has 0 fully saturated rings. The lowest BCUT2D eigenvalue weighted by Crippen LogP contribution is -2.36. The van der Waals surface area contributed by atoms with Crippen molar-refractivity contribution in [2.45, 2.75) is 31.7 Å². The zero-order valence-electron chi connectivity index (χ0n) is 18.9. The lowest BCUT2D eigenvalue weighted by molar-refractivity contribution is 0.0600. The summed E-state index contributed by atoms with van der Waals surface area (Å²) in [7, 11) is -2.90. The number of benzene rings is 2. The zero-order valence-corrected chi connectivity index (χ0v) is 20.4. The Morgan fingerprint density at radius 2 is 1.88 bits per heavy atom. The van der Waals surface area contributed by atoms with E-state index in [0.717, 1.165) is 4.31 Å². The molecule has 0 N–H and O–H groups in total. The highest BCUT2D eigenvalue weighted by Gasteiger charge is 2.30. The van der Waals surface area contributed by atoms with Crippen molar-refractivity contribution in [2.24, 2.45) is 0 Å². The molecule has 3 aromatic rings. The summed E-state index contributed by atoms with van der Waals surface area (Å²) in [5.41, 5.74) is 1.84. The monoisotopic (exact) mass is 506 g/mol. The van der Waals surface area contributed by atoms with Crippen molar-refractivity contribution in [3.63, 3.8) is 0 Å². The average molecular weight is 507 g/mol. The maximum absolute atomic E-state index is 14.1. The first-order chi connectivity index (χ1) is 16.1. The quantitative estimate of drug-likeness (QED) is 0.381. The van der Waals surface area contributed by atoms with Crippen LogP contribution < -0.4 is 9.04 Å². The number of anilines is 1. The predicted octanol–water partition coefficient (Wildman–Crippen LogP) is 4.96. The lowest BCUT2D eigenvalue weighted by atomic mass is 10.1. The summed E-state index contributed by atoms with van der Waals surface area (Å²) in [5.74, 6) is -0.302. The van der Waals surface area contributed by atoms with Crippen LogP contribution in [0.5, 0.6) is 5.75 Å². The molecule has 0 radical (unpaired) electrons. The molecule has 0 amide bonds. The fourth-order valence-corrected chi connectivity index (χ4v) is 4.77. The smallest absolute Gasteiger partial charge is 0.337 e. The molecular formula is C24H24ClFN2O5S. The van der Waals surface area contributed by atoms with Gasteiger partial charge in [-0.2, -0.15) is 8.42 Å². The molecule has 0 saturated carbocycles. The van der Waals surface area contributed by atoms with Crippen LogP contribution in [0.15, 0.2) is 65.8 Å². The van der Waals surface area contributed by atoms with E-state index in [1.54, 1.807) is 49.4 Å². The maximum Gasteiger partial charge on any atom is 0.337 e. The van der Waals surface area contributed by atoms with Crippen molar-refractivity contribution in [2.75, 3.05) is 18.0 Å². The highest BCUT2D eigenvalue weighted by molar-refractivity contribution is 7.92. The number of pyridine rings is 1. The van der Waals surface area contributed by atoms with E-state index in [1.165, 1.54) is 32.4 Å². The third-order valence-electron chi connectivity index (χ3n) is 4.89. The largest absolute Gasteiger partial charge is 0.487 e. The van der Waals surface area contributed by atoms with Gasteiger partial charge < -0.3 is 9.47 Å². The number of aromatic nitrogens is 1. The van der Waals surface area contributed by atoms with Crippen LogP contribution in [0.2, 0.25) is 5.02 Å². The Balaban J connectivity index is 1.99. The van der Waals surface area contributed by atoms with Crippen LogP contribution in [0.1, 0.15) is 28.4 Å². The van der Waals surface area contributed by atoms with Crippen LogP contribution in [-0.2, 0) is 21.4 Å². The fraction of sp³-hybridized carbons (Fsp3) is 0.250. The molecule has 10 heteroatoms. The number of carbonyl (C=O) groups excluding carboxylic acids is 1. The number of carbonyl (C=O) groups is 1. The fourth-order valence-electron chi connectivity index (χ4n) is 3.14.